The number of hydrogen-bond acceptors (Lipinski definition) is 5. The summed E-state index contributed by atoms with van der Waals surface area (Å²) in [6.07, 6.45) is 2.13. The predicted molar refractivity (Wildman–Crippen MR) is 84.0 cm³/mol. The van der Waals surface area contributed by atoms with E-state index in [2.05, 4.69) is 10.2 Å². The van der Waals surface area contributed by atoms with E-state index in [9.17, 15) is 13.2 Å². The number of benzene rings is 1. The summed E-state index contributed by atoms with van der Waals surface area (Å²) in [4.78, 5) is 14.6. The van der Waals surface area contributed by atoms with Gasteiger partial charge in [0.1, 0.15) is 5.60 Å². The van der Waals surface area contributed by atoms with Crippen LogP contribution in [0.15, 0.2) is 24.4 Å². The van der Waals surface area contributed by atoms with E-state index in [1.165, 1.54) is 0 Å². The minimum atomic E-state index is -3.07. The molecular formula is C15H17N3O4S. The number of sulfone groups is 1. The fourth-order valence-corrected chi connectivity index (χ4v) is 5.41. The van der Waals surface area contributed by atoms with E-state index in [4.69, 9.17) is 4.74 Å². The maximum atomic E-state index is 12.9. The zero-order valence-corrected chi connectivity index (χ0v) is 13.3. The second-order valence-electron chi connectivity index (χ2n) is 6.24. The lowest BCUT2D eigenvalue weighted by Gasteiger charge is -2.39. The number of carbonyl (C=O) groups is 1. The number of carbonyl (C=O) groups excluding carboxylic acids is 1. The van der Waals surface area contributed by atoms with E-state index in [0.717, 1.165) is 5.39 Å². The summed E-state index contributed by atoms with van der Waals surface area (Å²) in [5.41, 5.74) is 0.518. The first-order chi connectivity index (χ1) is 11.0. The molecule has 0 saturated carbocycles. The molecule has 1 amide bonds. The number of ether oxygens (including phenoxy) is 1. The molecule has 8 heteroatoms. The molecule has 2 aromatic rings. The van der Waals surface area contributed by atoms with Gasteiger partial charge < -0.3 is 9.64 Å². The molecular weight excluding hydrogens is 318 g/mol. The summed E-state index contributed by atoms with van der Waals surface area (Å²) in [5.74, 6) is 0.00949. The summed E-state index contributed by atoms with van der Waals surface area (Å²) in [5, 5.41) is 7.71. The number of amides is 1. The number of aromatic amines is 1. The van der Waals surface area contributed by atoms with Crippen molar-refractivity contribution in [2.24, 2.45) is 0 Å². The number of para-hydroxylation sites is 1. The average molecular weight is 335 g/mol. The zero-order chi connectivity index (χ0) is 16.1. The second-order valence-corrected chi connectivity index (χ2v) is 8.42. The number of aromatic nitrogens is 2. The Hall–Kier alpha value is -1.93. The normalized spacial score (nSPS) is 26.9. The average Bonchev–Trinajstić information content (AvgIpc) is 3.11. The van der Waals surface area contributed by atoms with Gasteiger partial charge in [-0.3, -0.25) is 9.89 Å². The standard InChI is InChI=1S/C15H17N3O4S/c19-14(12-3-1-2-11-8-16-17-13(11)12)18-5-6-22-15(9-18)4-7-23(20,21)10-15/h1-3,8H,4-7,9-10H2,(H,16,17). The molecule has 1 N–H and O–H groups in total. The Morgan fingerprint density at radius 1 is 1.39 bits per heavy atom. The van der Waals surface area contributed by atoms with Gasteiger partial charge in [-0.1, -0.05) is 12.1 Å². The summed E-state index contributed by atoms with van der Waals surface area (Å²) < 4.78 is 29.3. The fourth-order valence-electron chi connectivity index (χ4n) is 3.46. The number of fused-ring (bicyclic) bond motifs is 1. The summed E-state index contributed by atoms with van der Waals surface area (Å²) in [7, 11) is -3.07. The largest absolute Gasteiger partial charge is 0.370 e. The molecule has 2 aliphatic rings. The molecule has 1 spiro atoms. The monoisotopic (exact) mass is 335 g/mol. The molecule has 1 aromatic heterocycles. The van der Waals surface area contributed by atoms with Gasteiger partial charge in [-0.15, -0.1) is 0 Å². The molecule has 3 heterocycles. The van der Waals surface area contributed by atoms with Gasteiger partial charge in [0.2, 0.25) is 0 Å². The van der Waals surface area contributed by atoms with Crippen LogP contribution in [0, 0.1) is 0 Å². The van der Waals surface area contributed by atoms with E-state index < -0.39 is 15.4 Å². The van der Waals surface area contributed by atoms with Crippen LogP contribution >= 0.6 is 0 Å². The highest BCUT2D eigenvalue weighted by Gasteiger charge is 2.47. The van der Waals surface area contributed by atoms with Crippen LogP contribution in [0.5, 0.6) is 0 Å². The van der Waals surface area contributed by atoms with Gasteiger partial charge in [0.25, 0.3) is 5.91 Å². The van der Waals surface area contributed by atoms with E-state index >= 15 is 0 Å². The van der Waals surface area contributed by atoms with Crippen LogP contribution in [0.4, 0.5) is 0 Å². The first-order valence-corrected chi connectivity index (χ1v) is 9.36. The SMILES string of the molecule is O=C(c1cccc2cn[nH]c12)N1CCOC2(CCS(=O)(=O)C2)C1. The van der Waals surface area contributed by atoms with E-state index in [-0.39, 0.29) is 17.4 Å². The number of rotatable bonds is 1. The molecule has 23 heavy (non-hydrogen) atoms. The Bertz CT molecular complexity index is 876. The Morgan fingerprint density at radius 2 is 2.26 bits per heavy atom. The van der Waals surface area contributed by atoms with Crippen LogP contribution in [-0.4, -0.2) is 66.2 Å². The Balaban J connectivity index is 1.63. The van der Waals surface area contributed by atoms with Gasteiger partial charge in [0.15, 0.2) is 9.84 Å². The lowest BCUT2D eigenvalue weighted by molar-refractivity contribution is -0.0829. The lowest BCUT2D eigenvalue weighted by atomic mass is 10.00. The third-order valence-corrected chi connectivity index (χ3v) is 6.39. The highest BCUT2D eigenvalue weighted by Crippen LogP contribution is 2.31. The third kappa shape index (κ3) is 2.51. The van der Waals surface area contributed by atoms with Crippen molar-refractivity contribution in [1.29, 1.82) is 0 Å². The van der Waals surface area contributed by atoms with Crippen molar-refractivity contribution < 1.29 is 17.9 Å². The van der Waals surface area contributed by atoms with Crippen molar-refractivity contribution >= 4 is 26.6 Å². The lowest BCUT2D eigenvalue weighted by Crippen LogP contribution is -2.54. The van der Waals surface area contributed by atoms with Gasteiger partial charge in [-0.05, 0) is 12.5 Å². The highest BCUT2D eigenvalue weighted by molar-refractivity contribution is 7.91. The number of H-pyrrole nitrogens is 1. The molecule has 2 saturated heterocycles. The molecule has 0 radical (unpaired) electrons. The van der Waals surface area contributed by atoms with E-state index in [0.29, 0.717) is 37.2 Å². The number of nitrogens with zero attached hydrogens (tertiary/aromatic N) is 2. The molecule has 0 aliphatic carbocycles. The van der Waals surface area contributed by atoms with E-state index in [1.807, 2.05) is 12.1 Å². The summed E-state index contributed by atoms with van der Waals surface area (Å²) in [6, 6.07) is 5.47. The molecule has 7 nitrogen and oxygen atoms in total. The molecule has 1 aromatic carbocycles. The molecule has 1 unspecified atom stereocenters. The fraction of sp³-hybridized carbons (Fsp3) is 0.467. The third-order valence-electron chi connectivity index (χ3n) is 4.59. The highest BCUT2D eigenvalue weighted by atomic mass is 32.2. The Morgan fingerprint density at radius 3 is 3.04 bits per heavy atom. The quantitative estimate of drug-likeness (QED) is 0.823. The number of nitrogens with one attached hydrogen (secondary N) is 1. The summed E-state index contributed by atoms with van der Waals surface area (Å²) >= 11 is 0. The number of hydrogen-bond donors (Lipinski definition) is 1. The predicted octanol–water partition coefficient (Wildman–Crippen LogP) is 0.593. The summed E-state index contributed by atoms with van der Waals surface area (Å²) in [6.45, 7) is 1.14. The molecule has 2 aliphatic heterocycles. The van der Waals surface area contributed by atoms with Crippen molar-refractivity contribution in [3.63, 3.8) is 0 Å². The van der Waals surface area contributed by atoms with Crippen LogP contribution in [0.25, 0.3) is 10.9 Å². The smallest absolute Gasteiger partial charge is 0.256 e. The number of morpholine rings is 1. The van der Waals surface area contributed by atoms with Crippen LogP contribution in [-0.2, 0) is 14.6 Å². The van der Waals surface area contributed by atoms with Crippen LogP contribution in [0.2, 0.25) is 0 Å². The topological polar surface area (TPSA) is 92.4 Å². The first-order valence-electron chi connectivity index (χ1n) is 7.54. The zero-order valence-electron chi connectivity index (χ0n) is 12.5. The van der Waals surface area contributed by atoms with Crippen LogP contribution < -0.4 is 0 Å². The van der Waals surface area contributed by atoms with Gasteiger partial charge in [-0.25, -0.2) is 8.42 Å². The van der Waals surface area contributed by atoms with Crippen LogP contribution in [0.1, 0.15) is 16.8 Å². The minimum absolute atomic E-state index is 0.00195. The maximum Gasteiger partial charge on any atom is 0.256 e. The molecule has 4 rings (SSSR count). The van der Waals surface area contributed by atoms with Gasteiger partial charge in [0.05, 0.1) is 41.9 Å². The van der Waals surface area contributed by atoms with Crippen molar-refractivity contribution in [1.82, 2.24) is 15.1 Å². The second kappa shape index (κ2) is 5.04. The van der Waals surface area contributed by atoms with Crippen molar-refractivity contribution in [2.75, 3.05) is 31.2 Å². The Labute approximate surface area is 133 Å². The van der Waals surface area contributed by atoms with Crippen molar-refractivity contribution in [3.05, 3.63) is 30.0 Å². The molecule has 0 bridgehead atoms. The Kier molecular flexibility index (Phi) is 3.21. The maximum absolute atomic E-state index is 12.9. The van der Waals surface area contributed by atoms with Crippen molar-refractivity contribution in [3.8, 4) is 0 Å². The van der Waals surface area contributed by atoms with Gasteiger partial charge >= 0.3 is 0 Å². The van der Waals surface area contributed by atoms with E-state index in [1.54, 1.807) is 17.2 Å². The first kappa shape index (κ1) is 14.6. The van der Waals surface area contributed by atoms with Gasteiger partial charge in [-0.2, -0.15) is 5.10 Å². The molecule has 122 valence electrons. The van der Waals surface area contributed by atoms with Crippen LogP contribution in [0.3, 0.4) is 0 Å². The minimum Gasteiger partial charge on any atom is -0.370 e. The molecule has 1 atom stereocenters. The van der Waals surface area contributed by atoms with Crippen molar-refractivity contribution in [2.45, 2.75) is 12.0 Å². The van der Waals surface area contributed by atoms with Gasteiger partial charge in [0, 0.05) is 11.9 Å². The molecule has 2 fully saturated rings.